The number of hydrogen-bond donors (Lipinski definition) is 2. The summed E-state index contributed by atoms with van der Waals surface area (Å²) in [6, 6.07) is 8.37. The summed E-state index contributed by atoms with van der Waals surface area (Å²) in [7, 11) is -3.61. The number of benzene rings is 1. The van der Waals surface area contributed by atoms with Crippen molar-refractivity contribution in [2.45, 2.75) is 11.4 Å². The van der Waals surface area contributed by atoms with E-state index in [1.807, 2.05) is 0 Å². The quantitative estimate of drug-likeness (QED) is 0.771. The van der Waals surface area contributed by atoms with Crippen LogP contribution in [0.4, 0.5) is 0 Å². The summed E-state index contributed by atoms with van der Waals surface area (Å²) in [6.07, 6.45) is 3.42. The molecular weight excluding hydrogens is 288 g/mol. The van der Waals surface area contributed by atoms with E-state index in [-0.39, 0.29) is 18.0 Å². The first-order valence-electron chi connectivity index (χ1n) is 6.38. The van der Waals surface area contributed by atoms with Gasteiger partial charge in [0.1, 0.15) is 0 Å². The van der Waals surface area contributed by atoms with Crippen LogP contribution in [-0.4, -0.2) is 31.3 Å². The molecule has 1 heterocycles. The lowest BCUT2D eigenvalue weighted by Crippen LogP contribution is -2.28. The number of sulfonamides is 1. The number of aromatic nitrogens is 2. The molecule has 0 bridgehead atoms. The fourth-order valence-corrected chi connectivity index (χ4v) is 2.94. The predicted octanol–water partition coefficient (Wildman–Crippen LogP) is 0.172. The molecule has 0 aliphatic carbocycles. The van der Waals surface area contributed by atoms with Crippen molar-refractivity contribution in [1.29, 1.82) is 0 Å². The molecule has 7 heteroatoms. The smallest absolute Gasteiger partial charge is 0.241 e. The SMILES string of the molecule is NCC#Cc1ccccc1S(=O)(=O)NCCn1cccn1. The van der Waals surface area contributed by atoms with Crippen molar-refractivity contribution in [2.24, 2.45) is 5.73 Å². The summed E-state index contributed by atoms with van der Waals surface area (Å²) in [5.41, 5.74) is 5.76. The summed E-state index contributed by atoms with van der Waals surface area (Å²) < 4.78 is 28.8. The Hall–Kier alpha value is -2.14. The molecule has 0 fully saturated rings. The van der Waals surface area contributed by atoms with Gasteiger partial charge in [-0.2, -0.15) is 5.10 Å². The Morgan fingerprint density at radius 1 is 1.29 bits per heavy atom. The highest BCUT2D eigenvalue weighted by Crippen LogP contribution is 2.13. The molecule has 0 unspecified atom stereocenters. The molecule has 2 rings (SSSR count). The molecule has 0 aliphatic heterocycles. The number of hydrogen-bond acceptors (Lipinski definition) is 4. The summed E-state index contributed by atoms with van der Waals surface area (Å²) in [5, 5.41) is 4.01. The third kappa shape index (κ3) is 4.16. The van der Waals surface area contributed by atoms with Gasteiger partial charge in [0.25, 0.3) is 0 Å². The van der Waals surface area contributed by atoms with Gasteiger partial charge in [-0.3, -0.25) is 4.68 Å². The molecule has 0 amide bonds. The van der Waals surface area contributed by atoms with Crippen LogP contribution in [0.1, 0.15) is 5.56 Å². The van der Waals surface area contributed by atoms with Crippen LogP contribution in [-0.2, 0) is 16.6 Å². The molecule has 0 spiro atoms. The molecular formula is C14H16N4O2S. The Morgan fingerprint density at radius 3 is 2.81 bits per heavy atom. The minimum atomic E-state index is -3.61. The van der Waals surface area contributed by atoms with Gasteiger partial charge in [0, 0.05) is 24.5 Å². The molecule has 1 aromatic carbocycles. The van der Waals surface area contributed by atoms with E-state index in [9.17, 15) is 8.42 Å². The summed E-state index contributed by atoms with van der Waals surface area (Å²) in [4.78, 5) is 0.159. The van der Waals surface area contributed by atoms with Crippen molar-refractivity contribution in [1.82, 2.24) is 14.5 Å². The largest absolute Gasteiger partial charge is 0.320 e. The molecule has 21 heavy (non-hydrogen) atoms. The van der Waals surface area contributed by atoms with E-state index in [0.717, 1.165) is 0 Å². The number of nitrogens with two attached hydrogens (primary N) is 1. The van der Waals surface area contributed by atoms with Gasteiger partial charge in [-0.05, 0) is 18.2 Å². The Kier molecular flexibility index (Phi) is 5.11. The number of nitrogens with zero attached hydrogens (tertiary/aromatic N) is 2. The van der Waals surface area contributed by atoms with Gasteiger partial charge in [-0.15, -0.1) is 0 Å². The van der Waals surface area contributed by atoms with Gasteiger partial charge in [0.15, 0.2) is 0 Å². The average molecular weight is 304 g/mol. The lowest BCUT2D eigenvalue weighted by atomic mass is 10.2. The van der Waals surface area contributed by atoms with E-state index in [1.165, 1.54) is 6.07 Å². The summed E-state index contributed by atoms with van der Waals surface area (Å²) in [6.45, 7) is 0.895. The van der Waals surface area contributed by atoms with Crippen LogP contribution < -0.4 is 10.5 Å². The average Bonchev–Trinajstić information content (AvgIpc) is 2.98. The van der Waals surface area contributed by atoms with Crippen molar-refractivity contribution in [3.8, 4) is 11.8 Å². The van der Waals surface area contributed by atoms with E-state index in [0.29, 0.717) is 12.1 Å². The molecule has 0 saturated heterocycles. The molecule has 3 N–H and O–H groups in total. The van der Waals surface area contributed by atoms with Gasteiger partial charge >= 0.3 is 0 Å². The first-order chi connectivity index (χ1) is 10.1. The number of rotatable bonds is 5. The maximum atomic E-state index is 12.3. The topological polar surface area (TPSA) is 90.0 Å². The Labute approximate surface area is 124 Å². The third-order valence-electron chi connectivity index (χ3n) is 2.69. The fraction of sp³-hybridized carbons (Fsp3) is 0.214. The van der Waals surface area contributed by atoms with Crippen molar-refractivity contribution in [3.63, 3.8) is 0 Å². The highest BCUT2D eigenvalue weighted by atomic mass is 32.2. The van der Waals surface area contributed by atoms with Crippen molar-refractivity contribution in [3.05, 3.63) is 48.3 Å². The lowest BCUT2D eigenvalue weighted by molar-refractivity contribution is 0.560. The lowest BCUT2D eigenvalue weighted by Gasteiger charge is -2.08. The van der Waals surface area contributed by atoms with E-state index in [4.69, 9.17) is 5.73 Å². The van der Waals surface area contributed by atoms with Crippen LogP contribution in [0.3, 0.4) is 0 Å². The molecule has 0 atom stereocenters. The van der Waals surface area contributed by atoms with Crippen molar-refractivity contribution >= 4 is 10.0 Å². The minimum absolute atomic E-state index is 0.159. The van der Waals surface area contributed by atoms with E-state index in [2.05, 4.69) is 21.7 Å². The van der Waals surface area contributed by atoms with E-state index >= 15 is 0 Å². The van der Waals surface area contributed by atoms with Gasteiger partial charge < -0.3 is 5.73 Å². The summed E-state index contributed by atoms with van der Waals surface area (Å²) >= 11 is 0. The predicted molar refractivity (Wildman–Crippen MR) is 79.8 cm³/mol. The monoisotopic (exact) mass is 304 g/mol. The minimum Gasteiger partial charge on any atom is -0.320 e. The van der Waals surface area contributed by atoms with Crippen molar-refractivity contribution < 1.29 is 8.42 Å². The molecule has 0 saturated carbocycles. The van der Waals surface area contributed by atoms with Gasteiger partial charge in [0.05, 0.1) is 18.0 Å². The zero-order valence-corrected chi connectivity index (χ0v) is 12.2. The Morgan fingerprint density at radius 2 is 2.10 bits per heavy atom. The van der Waals surface area contributed by atoms with Gasteiger partial charge in [0.2, 0.25) is 10.0 Å². The third-order valence-corrected chi connectivity index (χ3v) is 4.21. The van der Waals surface area contributed by atoms with Gasteiger partial charge in [-0.25, -0.2) is 13.1 Å². The highest BCUT2D eigenvalue weighted by molar-refractivity contribution is 7.89. The normalized spacial score (nSPS) is 10.9. The van der Waals surface area contributed by atoms with E-state index < -0.39 is 10.0 Å². The fourth-order valence-electron chi connectivity index (χ4n) is 1.76. The second-order valence-electron chi connectivity index (χ2n) is 4.17. The molecule has 2 aromatic rings. The molecule has 0 radical (unpaired) electrons. The van der Waals surface area contributed by atoms with Crippen LogP contribution >= 0.6 is 0 Å². The molecule has 6 nitrogen and oxygen atoms in total. The van der Waals surface area contributed by atoms with Crippen molar-refractivity contribution in [2.75, 3.05) is 13.1 Å². The maximum absolute atomic E-state index is 12.3. The second-order valence-corrected chi connectivity index (χ2v) is 5.90. The van der Waals surface area contributed by atoms with Gasteiger partial charge in [-0.1, -0.05) is 24.0 Å². The van der Waals surface area contributed by atoms with Crippen LogP contribution in [0.5, 0.6) is 0 Å². The first kappa shape index (κ1) is 15.3. The van der Waals surface area contributed by atoms with Crippen LogP contribution in [0.2, 0.25) is 0 Å². The number of nitrogens with one attached hydrogen (secondary N) is 1. The maximum Gasteiger partial charge on any atom is 0.241 e. The summed E-state index contributed by atoms with van der Waals surface area (Å²) in [5.74, 6) is 5.44. The zero-order chi connectivity index (χ0) is 15.1. The van der Waals surface area contributed by atoms with Crippen LogP contribution in [0.25, 0.3) is 0 Å². The van der Waals surface area contributed by atoms with Crippen LogP contribution in [0, 0.1) is 11.8 Å². The zero-order valence-electron chi connectivity index (χ0n) is 11.4. The Balaban J connectivity index is 2.12. The standard InChI is InChI=1S/C14H16N4O2S/c15-8-3-6-13-5-1-2-7-14(13)21(19,20)17-10-12-18-11-4-9-16-18/h1-2,4-5,7,9,11,17H,8,10,12,15H2. The highest BCUT2D eigenvalue weighted by Gasteiger charge is 2.16. The van der Waals surface area contributed by atoms with Crippen LogP contribution in [0.15, 0.2) is 47.6 Å². The molecule has 110 valence electrons. The Bertz CT molecular complexity index is 743. The first-order valence-corrected chi connectivity index (χ1v) is 7.87. The molecule has 0 aliphatic rings. The second kappa shape index (κ2) is 7.04. The molecule has 1 aromatic heterocycles. The van der Waals surface area contributed by atoms with E-state index in [1.54, 1.807) is 41.3 Å².